The van der Waals surface area contributed by atoms with Crippen molar-refractivity contribution in [2.24, 2.45) is 5.41 Å². The second-order valence-corrected chi connectivity index (χ2v) is 7.03. The van der Waals surface area contributed by atoms with Gasteiger partial charge in [0.05, 0.1) is 0 Å². The lowest BCUT2D eigenvalue weighted by Gasteiger charge is -2.59. The van der Waals surface area contributed by atoms with E-state index in [9.17, 15) is 4.79 Å². The SMILES string of the molecule is CN1CC2(C1)CN(C(=O)C#Cc1ccc(-c3ccccc3)cc1)C2. The summed E-state index contributed by atoms with van der Waals surface area (Å²) in [6.07, 6.45) is 0. The van der Waals surface area contributed by atoms with Gasteiger partial charge in [-0.05, 0) is 30.3 Å². The number of hydrogen-bond acceptors (Lipinski definition) is 2. The molecule has 24 heavy (non-hydrogen) atoms. The molecule has 1 amide bonds. The zero-order valence-electron chi connectivity index (χ0n) is 13.8. The third-order valence-corrected chi connectivity index (χ3v) is 4.86. The number of carbonyl (C=O) groups excluding carboxylic acids is 1. The minimum Gasteiger partial charge on any atom is -0.330 e. The Morgan fingerprint density at radius 2 is 1.54 bits per heavy atom. The Labute approximate surface area is 142 Å². The van der Waals surface area contributed by atoms with E-state index in [1.54, 1.807) is 0 Å². The number of benzene rings is 2. The molecule has 120 valence electrons. The van der Waals surface area contributed by atoms with Gasteiger partial charge < -0.3 is 9.80 Å². The maximum atomic E-state index is 12.1. The largest absolute Gasteiger partial charge is 0.330 e. The molecule has 0 N–H and O–H groups in total. The molecule has 2 aliphatic rings. The molecule has 2 aromatic rings. The zero-order valence-corrected chi connectivity index (χ0v) is 13.8. The van der Waals surface area contributed by atoms with Crippen molar-refractivity contribution >= 4 is 5.91 Å². The van der Waals surface area contributed by atoms with Crippen LogP contribution in [0.2, 0.25) is 0 Å². The molecule has 2 aromatic carbocycles. The van der Waals surface area contributed by atoms with E-state index in [1.165, 1.54) is 5.56 Å². The predicted molar refractivity (Wildman–Crippen MR) is 95.3 cm³/mol. The summed E-state index contributed by atoms with van der Waals surface area (Å²) in [7, 11) is 2.12. The number of carbonyl (C=O) groups is 1. The van der Waals surface area contributed by atoms with Gasteiger partial charge in [-0.3, -0.25) is 4.79 Å². The topological polar surface area (TPSA) is 23.6 Å². The van der Waals surface area contributed by atoms with E-state index < -0.39 is 0 Å². The minimum absolute atomic E-state index is 0.0534. The quantitative estimate of drug-likeness (QED) is 0.755. The molecular weight excluding hydrogens is 296 g/mol. The summed E-state index contributed by atoms with van der Waals surface area (Å²) in [6.45, 7) is 3.92. The lowest BCUT2D eigenvalue weighted by molar-refractivity contribution is -0.150. The highest BCUT2D eigenvalue weighted by Crippen LogP contribution is 2.38. The van der Waals surface area contributed by atoms with Crippen molar-refractivity contribution < 1.29 is 4.79 Å². The smallest absolute Gasteiger partial charge is 0.298 e. The van der Waals surface area contributed by atoms with E-state index in [-0.39, 0.29) is 5.91 Å². The molecule has 2 aliphatic heterocycles. The van der Waals surface area contributed by atoms with Crippen molar-refractivity contribution in [3.8, 4) is 23.0 Å². The lowest BCUT2D eigenvalue weighted by atomic mass is 9.73. The Balaban J connectivity index is 1.38. The molecule has 3 nitrogen and oxygen atoms in total. The predicted octanol–water partition coefficient (Wildman–Crippen LogP) is 2.48. The van der Waals surface area contributed by atoms with Crippen LogP contribution in [0.4, 0.5) is 0 Å². The molecule has 2 heterocycles. The standard InChI is InChI=1S/C21H20N2O/c1-22-13-21(14-22)15-23(16-21)20(24)12-9-17-7-10-19(11-8-17)18-5-3-2-4-6-18/h2-8,10-11H,13-16H2,1H3. The molecule has 0 aromatic heterocycles. The average Bonchev–Trinajstić information content (AvgIpc) is 2.56. The molecule has 1 spiro atoms. The summed E-state index contributed by atoms with van der Waals surface area (Å²) in [5, 5.41) is 0. The minimum atomic E-state index is -0.0534. The van der Waals surface area contributed by atoms with Crippen LogP contribution < -0.4 is 0 Å². The van der Waals surface area contributed by atoms with Crippen molar-refractivity contribution in [2.45, 2.75) is 0 Å². The van der Waals surface area contributed by atoms with Gasteiger partial charge in [0.2, 0.25) is 0 Å². The molecule has 0 atom stereocenters. The van der Waals surface area contributed by atoms with Gasteiger partial charge in [-0.1, -0.05) is 48.4 Å². The Hall–Kier alpha value is -2.57. The van der Waals surface area contributed by atoms with Gasteiger partial charge in [0, 0.05) is 43.1 Å². The van der Waals surface area contributed by atoms with Gasteiger partial charge in [0.15, 0.2) is 0 Å². The summed E-state index contributed by atoms with van der Waals surface area (Å²) in [5.41, 5.74) is 3.58. The number of hydrogen-bond donors (Lipinski definition) is 0. The first-order valence-electron chi connectivity index (χ1n) is 8.29. The second-order valence-electron chi connectivity index (χ2n) is 7.03. The first-order valence-corrected chi connectivity index (χ1v) is 8.29. The third kappa shape index (κ3) is 2.81. The molecule has 3 heteroatoms. The van der Waals surface area contributed by atoms with Crippen molar-refractivity contribution in [3.05, 3.63) is 60.2 Å². The van der Waals surface area contributed by atoms with Crippen LogP contribution in [0, 0.1) is 17.3 Å². The highest BCUT2D eigenvalue weighted by Gasteiger charge is 2.51. The highest BCUT2D eigenvalue weighted by molar-refractivity contribution is 5.94. The molecule has 2 fully saturated rings. The molecular formula is C21H20N2O. The summed E-state index contributed by atoms with van der Waals surface area (Å²) < 4.78 is 0. The van der Waals surface area contributed by atoms with Gasteiger partial charge in [-0.15, -0.1) is 0 Å². The Kier molecular flexibility index (Phi) is 3.63. The average molecular weight is 316 g/mol. The van der Waals surface area contributed by atoms with Crippen molar-refractivity contribution in [1.82, 2.24) is 9.80 Å². The van der Waals surface area contributed by atoms with Crippen molar-refractivity contribution in [3.63, 3.8) is 0 Å². The number of amides is 1. The molecule has 0 radical (unpaired) electrons. The lowest BCUT2D eigenvalue weighted by Crippen LogP contribution is -2.71. The molecule has 0 aliphatic carbocycles. The number of nitrogens with zero attached hydrogens (tertiary/aromatic N) is 2. The normalized spacial score (nSPS) is 18.3. The van der Waals surface area contributed by atoms with E-state index in [1.807, 2.05) is 47.4 Å². The molecule has 0 bridgehead atoms. The first kappa shape index (κ1) is 15.0. The van der Waals surface area contributed by atoms with Crippen LogP contribution in [-0.4, -0.2) is 48.9 Å². The summed E-state index contributed by atoms with van der Waals surface area (Å²) in [6, 6.07) is 18.3. The van der Waals surface area contributed by atoms with E-state index in [0.717, 1.165) is 37.3 Å². The summed E-state index contributed by atoms with van der Waals surface area (Å²) >= 11 is 0. The van der Waals surface area contributed by atoms with Crippen LogP contribution in [-0.2, 0) is 4.79 Å². The number of rotatable bonds is 1. The summed E-state index contributed by atoms with van der Waals surface area (Å²) in [5.74, 6) is 5.72. The fraction of sp³-hybridized carbons (Fsp3) is 0.286. The molecule has 0 saturated carbocycles. The monoisotopic (exact) mass is 316 g/mol. The van der Waals surface area contributed by atoms with E-state index in [2.05, 4.69) is 35.9 Å². The Morgan fingerprint density at radius 3 is 2.17 bits per heavy atom. The zero-order chi connectivity index (χ0) is 16.6. The van der Waals surface area contributed by atoms with E-state index >= 15 is 0 Å². The van der Waals surface area contributed by atoms with Gasteiger partial charge in [-0.25, -0.2) is 0 Å². The Bertz CT molecular complexity index is 800. The van der Waals surface area contributed by atoms with Crippen LogP contribution >= 0.6 is 0 Å². The van der Waals surface area contributed by atoms with Gasteiger partial charge in [0.1, 0.15) is 0 Å². The number of likely N-dealkylation sites (tertiary alicyclic amines) is 2. The second kappa shape index (κ2) is 5.81. The van der Waals surface area contributed by atoms with E-state index in [0.29, 0.717) is 5.41 Å². The van der Waals surface area contributed by atoms with E-state index in [4.69, 9.17) is 0 Å². The van der Waals surface area contributed by atoms with Crippen LogP contribution in [0.3, 0.4) is 0 Å². The van der Waals surface area contributed by atoms with Crippen LogP contribution in [0.1, 0.15) is 5.56 Å². The third-order valence-electron chi connectivity index (χ3n) is 4.86. The first-order chi connectivity index (χ1) is 11.6. The molecule has 4 rings (SSSR count). The fourth-order valence-electron chi connectivity index (χ4n) is 3.79. The maximum absolute atomic E-state index is 12.1. The summed E-state index contributed by atoms with van der Waals surface area (Å²) in [4.78, 5) is 16.3. The van der Waals surface area contributed by atoms with Gasteiger partial charge in [-0.2, -0.15) is 0 Å². The van der Waals surface area contributed by atoms with Crippen LogP contribution in [0.25, 0.3) is 11.1 Å². The Morgan fingerprint density at radius 1 is 0.917 bits per heavy atom. The fourth-order valence-corrected chi connectivity index (χ4v) is 3.79. The van der Waals surface area contributed by atoms with Gasteiger partial charge in [0.25, 0.3) is 5.91 Å². The van der Waals surface area contributed by atoms with Crippen LogP contribution in [0.5, 0.6) is 0 Å². The van der Waals surface area contributed by atoms with Crippen molar-refractivity contribution in [2.75, 3.05) is 33.2 Å². The highest BCUT2D eigenvalue weighted by atomic mass is 16.2. The van der Waals surface area contributed by atoms with Crippen molar-refractivity contribution in [1.29, 1.82) is 0 Å². The molecule has 0 unspecified atom stereocenters. The maximum Gasteiger partial charge on any atom is 0.298 e. The van der Waals surface area contributed by atoms with Crippen LogP contribution in [0.15, 0.2) is 54.6 Å². The molecule has 2 saturated heterocycles. The van der Waals surface area contributed by atoms with Gasteiger partial charge >= 0.3 is 0 Å².